The van der Waals surface area contributed by atoms with Crippen molar-refractivity contribution in [2.24, 2.45) is 0 Å². The second kappa shape index (κ2) is 37.5. The molecule has 0 bridgehead atoms. The minimum atomic E-state index is -0.446. The number of ether oxygens (including phenoxy) is 1. The summed E-state index contributed by atoms with van der Waals surface area (Å²) in [7, 11) is -1.78. The van der Waals surface area contributed by atoms with Gasteiger partial charge in [0, 0.05) is 17.8 Å². The first kappa shape index (κ1) is 68.6. The van der Waals surface area contributed by atoms with Crippen LogP contribution in [0, 0.1) is 6.92 Å². The van der Waals surface area contributed by atoms with Gasteiger partial charge in [0.2, 0.25) is 5.88 Å². The summed E-state index contributed by atoms with van der Waals surface area (Å²) in [6.07, 6.45) is 9.78. The number of hydrogen-bond donors (Lipinski definition) is 1. The van der Waals surface area contributed by atoms with Crippen LogP contribution in [0.15, 0.2) is 389 Å². The molecule has 1 fully saturated rings. The average molecular weight is 1330 g/mol. The third-order valence-corrected chi connectivity index (χ3v) is 25.7. The summed E-state index contributed by atoms with van der Waals surface area (Å²) < 4.78 is 5.92. The normalized spacial score (nSPS) is 11.7. The molecular weight excluding hydrogens is 1250 g/mol. The molecular formula is C88H80N4OP4. The number of aryl methyl sites for hydroxylation is 1. The van der Waals surface area contributed by atoms with Crippen molar-refractivity contribution in [1.82, 2.24) is 15.0 Å². The summed E-state index contributed by atoms with van der Waals surface area (Å²) in [5.74, 6) is 1.09. The third-order valence-electron chi connectivity index (χ3n) is 15.9. The van der Waals surface area contributed by atoms with E-state index in [1.165, 1.54) is 82.9 Å². The highest BCUT2D eigenvalue weighted by atomic mass is 31.1. The number of pyridine rings is 1. The SMILES string of the molecule is Cc1cnc(N)c(-c2ccc(OC3CCCCC3)nc2)n1.c1ccc(P(c2ccccc2)c2ccccc2)cc1.c1ccc(P(c2ccccc2)c2ccccc2)cc1.c1ccc(P(c2ccccc2)c2ccccc2)cc1.c1ccc(P(c2ccccc2)c2ccccc2)cc1. The maximum Gasteiger partial charge on any atom is 0.213 e. The standard InChI is InChI=1S/4C18H15P.C16H20N4O/c4*1-4-10-16(11-5-1)19(17-12-6-2-7-13-17)18-14-8-3-9-15-18;1-11-9-19-16(17)15(20-11)12-7-8-14(18-10-12)21-13-5-3-2-4-6-13/h4*1-15H;7-10,13H,2-6H2,1H3,(H2,17,19). The largest absolute Gasteiger partial charge is 0.474 e. The lowest BCUT2D eigenvalue weighted by atomic mass is 9.98. The van der Waals surface area contributed by atoms with Crippen LogP contribution in [0.25, 0.3) is 11.3 Å². The van der Waals surface area contributed by atoms with Gasteiger partial charge in [-0.1, -0.05) is 370 Å². The van der Waals surface area contributed by atoms with Gasteiger partial charge in [-0.15, -0.1) is 0 Å². The molecule has 2 N–H and O–H groups in total. The molecule has 14 aromatic rings. The molecule has 15 rings (SSSR count). The average Bonchev–Trinajstić information content (AvgIpc) is 1.02. The monoisotopic (exact) mass is 1330 g/mol. The molecule has 9 heteroatoms. The summed E-state index contributed by atoms with van der Waals surface area (Å²) in [5.41, 5.74) is 8.24. The summed E-state index contributed by atoms with van der Waals surface area (Å²) in [4.78, 5) is 12.9. The van der Waals surface area contributed by atoms with Crippen LogP contribution in [0.4, 0.5) is 5.82 Å². The van der Waals surface area contributed by atoms with Gasteiger partial charge in [-0.2, -0.15) is 0 Å². The van der Waals surface area contributed by atoms with Gasteiger partial charge < -0.3 is 10.5 Å². The topological polar surface area (TPSA) is 73.9 Å². The van der Waals surface area contributed by atoms with E-state index in [0.717, 1.165) is 24.1 Å². The van der Waals surface area contributed by atoms with Crippen LogP contribution in [0.1, 0.15) is 37.8 Å². The summed E-state index contributed by atoms with van der Waals surface area (Å²) in [6, 6.07) is 133. The maximum atomic E-state index is 5.92. The molecule has 0 atom stereocenters. The maximum absolute atomic E-state index is 5.92. The van der Waals surface area contributed by atoms with Gasteiger partial charge in [-0.3, -0.25) is 0 Å². The van der Waals surface area contributed by atoms with Gasteiger partial charge >= 0.3 is 0 Å². The molecule has 2 aromatic heterocycles. The lowest BCUT2D eigenvalue weighted by Crippen LogP contribution is -2.20. The molecule has 0 amide bonds. The van der Waals surface area contributed by atoms with E-state index in [-0.39, 0.29) is 0 Å². The van der Waals surface area contributed by atoms with Gasteiger partial charge in [-0.05, 0) is 134 Å². The minimum Gasteiger partial charge on any atom is -0.474 e. The Kier molecular flexibility index (Phi) is 26.5. The van der Waals surface area contributed by atoms with E-state index in [9.17, 15) is 0 Å². The predicted molar refractivity (Wildman–Crippen MR) is 423 cm³/mol. The predicted octanol–water partition coefficient (Wildman–Crippen LogP) is 16.9. The Labute approximate surface area is 579 Å². The number of nitrogens with two attached hydrogens (primary N) is 1. The summed E-state index contributed by atoms with van der Waals surface area (Å²) in [6.45, 7) is 1.89. The van der Waals surface area contributed by atoms with Crippen molar-refractivity contribution in [1.29, 1.82) is 0 Å². The first-order valence-corrected chi connectivity index (χ1v) is 38.4. The number of nitrogen functional groups attached to an aromatic ring is 1. The Balaban J connectivity index is 0.000000123. The van der Waals surface area contributed by atoms with Crippen LogP contribution in [-0.2, 0) is 0 Å². The first-order valence-electron chi connectivity index (χ1n) is 33.1. The Morgan fingerprint density at radius 3 is 0.711 bits per heavy atom. The molecule has 5 nitrogen and oxygen atoms in total. The summed E-state index contributed by atoms with van der Waals surface area (Å²) >= 11 is 0. The van der Waals surface area contributed by atoms with E-state index < -0.39 is 31.7 Å². The number of aromatic nitrogens is 3. The highest BCUT2D eigenvalue weighted by Gasteiger charge is 2.20. The number of anilines is 1. The van der Waals surface area contributed by atoms with Gasteiger partial charge in [0.15, 0.2) is 0 Å². The molecule has 1 aliphatic rings. The molecule has 12 aromatic carbocycles. The van der Waals surface area contributed by atoms with E-state index in [1.807, 2.05) is 19.1 Å². The van der Waals surface area contributed by atoms with Gasteiger partial charge in [0.25, 0.3) is 0 Å². The zero-order chi connectivity index (χ0) is 66.3. The van der Waals surface area contributed by atoms with Crippen molar-refractivity contribution in [2.75, 3.05) is 5.73 Å². The first-order chi connectivity index (χ1) is 48.0. The molecule has 1 saturated carbocycles. The van der Waals surface area contributed by atoms with Crippen molar-refractivity contribution in [3.8, 4) is 17.1 Å². The van der Waals surface area contributed by atoms with Gasteiger partial charge in [0.05, 0.1) is 11.9 Å². The molecule has 2 heterocycles. The molecule has 0 aliphatic heterocycles. The Hall–Kier alpha value is -9.81. The van der Waals surface area contributed by atoms with Crippen LogP contribution < -0.4 is 74.1 Å². The smallest absolute Gasteiger partial charge is 0.213 e. The fourth-order valence-corrected chi connectivity index (χ4v) is 20.6. The van der Waals surface area contributed by atoms with Crippen LogP contribution in [0.5, 0.6) is 5.88 Å². The van der Waals surface area contributed by atoms with E-state index in [0.29, 0.717) is 23.5 Å². The quantitative estimate of drug-likeness (QED) is 0.104. The highest BCUT2D eigenvalue weighted by molar-refractivity contribution is 7.81. The highest BCUT2D eigenvalue weighted by Crippen LogP contribution is 2.36. The fraction of sp³-hybridized carbons (Fsp3) is 0.0795. The number of hydrogen-bond acceptors (Lipinski definition) is 5. The second-order valence-corrected chi connectivity index (χ2v) is 31.8. The molecule has 1 aliphatic carbocycles. The minimum absolute atomic E-state index is 0.306. The second-order valence-electron chi connectivity index (χ2n) is 22.9. The van der Waals surface area contributed by atoms with Crippen LogP contribution in [0.2, 0.25) is 0 Å². The zero-order valence-corrected chi connectivity index (χ0v) is 58.3. The van der Waals surface area contributed by atoms with Crippen LogP contribution in [0.3, 0.4) is 0 Å². The molecule has 0 radical (unpaired) electrons. The Morgan fingerprint density at radius 1 is 0.278 bits per heavy atom. The Bertz CT molecular complexity index is 3600. The van der Waals surface area contributed by atoms with Crippen LogP contribution >= 0.6 is 31.7 Å². The van der Waals surface area contributed by atoms with Gasteiger partial charge in [-0.25, -0.2) is 15.0 Å². The van der Waals surface area contributed by atoms with E-state index in [2.05, 4.69) is 379 Å². The third kappa shape index (κ3) is 20.4. The number of rotatable bonds is 15. The van der Waals surface area contributed by atoms with E-state index >= 15 is 0 Å². The molecule has 0 saturated heterocycles. The van der Waals surface area contributed by atoms with Crippen LogP contribution in [-0.4, -0.2) is 21.1 Å². The number of benzene rings is 12. The van der Waals surface area contributed by atoms with E-state index in [4.69, 9.17) is 10.5 Å². The van der Waals surface area contributed by atoms with Crippen molar-refractivity contribution < 1.29 is 4.74 Å². The zero-order valence-electron chi connectivity index (χ0n) is 54.7. The van der Waals surface area contributed by atoms with Crippen molar-refractivity contribution in [3.05, 3.63) is 394 Å². The molecule has 97 heavy (non-hydrogen) atoms. The molecule has 478 valence electrons. The molecule has 0 unspecified atom stereocenters. The van der Waals surface area contributed by atoms with Crippen molar-refractivity contribution in [2.45, 2.75) is 45.1 Å². The summed E-state index contributed by atoms with van der Waals surface area (Å²) in [5, 5.41) is 16.8. The lowest BCUT2D eigenvalue weighted by Gasteiger charge is -2.22. The van der Waals surface area contributed by atoms with Gasteiger partial charge in [0.1, 0.15) is 17.6 Å². The number of nitrogens with zero attached hydrogens (tertiary/aromatic N) is 3. The fourth-order valence-electron chi connectivity index (χ4n) is 11.4. The van der Waals surface area contributed by atoms with Crippen molar-refractivity contribution in [3.63, 3.8) is 0 Å². The van der Waals surface area contributed by atoms with Crippen molar-refractivity contribution >= 4 is 101 Å². The molecule has 0 spiro atoms. The van der Waals surface area contributed by atoms with E-state index in [1.54, 1.807) is 12.4 Å². The lowest BCUT2D eigenvalue weighted by molar-refractivity contribution is 0.148. The Morgan fingerprint density at radius 2 is 0.505 bits per heavy atom.